The van der Waals surface area contributed by atoms with Crippen molar-refractivity contribution in [2.45, 2.75) is 18.8 Å². The van der Waals surface area contributed by atoms with Gasteiger partial charge in [-0.25, -0.2) is 4.98 Å². The third kappa shape index (κ3) is 7.57. The summed E-state index contributed by atoms with van der Waals surface area (Å²) >= 11 is 5.85. The molecule has 2 fully saturated rings. The van der Waals surface area contributed by atoms with Crippen molar-refractivity contribution in [2.24, 2.45) is 0 Å². The molecule has 2 aliphatic heterocycles. The zero-order valence-electron chi connectivity index (χ0n) is 22.9. The van der Waals surface area contributed by atoms with Crippen LogP contribution in [0, 0.1) is 0 Å². The van der Waals surface area contributed by atoms with Crippen LogP contribution >= 0.6 is 24.0 Å². The zero-order valence-corrected chi connectivity index (χ0v) is 24.5. The van der Waals surface area contributed by atoms with Crippen molar-refractivity contribution < 1.29 is 24.2 Å². The molecule has 3 N–H and O–H groups in total. The third-order valence-electron chi connectivity index (χ3n) is 7.39. The van der Waals surface area contributed by atoms with E-state index in [2.05, 4.69) is 20.5 Å². The number of morpholine rings is 1. The topological polar surface area (TPSA) is 124 Å². The van der Waals surface area contributed by atoms with Crippen LogP contribution in [0.5, 0.6) is 5.75 Å². The number of amides is 3. The Morgan fingerprint density at radius 3 is 2.45 bits per heavy atom. The van der Waals surface area contributed by atoms with Crippen LogP contribution in [0.3, 0.4) is 0 Å². The van der Waals surface area contributed by atoms with E-state index in [1.165, 1.54) is 24.4 Å². The molecular formula is C30H33Cl2N5O5. The van der Waals surface area contributed by atoms with E-state index in [-0.39, 0.29) is 47.1 Å². The second-order valence-electron chi connectivity index (χ2n) is 10.1. The summed E-state index contributed by atoms with van der Waals surface area (Å²) in [6.45, 7) is 5.53. The van der Waals surface area contributed by atoms with Gasteiger partial charge in [0.25, 0.3) is 11.8 Å². The number of piperidine rings is 1. The number of benzene rings is 2. The molecule has 0 radical (unpaired) electrons. The summed E-state index contributed by atoms with van der Waals surface area (Å²) in [5.74, 6) is -1.18. The lowest BCUT2D eigenvalue weighted by Gasteiger charge is -2.35. The summed E-state index contributed by atoms with van der Waals surface area (Å²) in [6.07, 6.45) is 3.08. The molecule has 42 heavy (non-hydrogen) atoms. The van der Waals surface area contributed by atoms with Crippen molar-refractivity contribution >= 4 is 53.2 Å². The number of nitrogens with zero attached hydrogens (tertiary/aromatic N) is 3. The standard InChI is InChI=1S/C30H32ClN5O5.ClH/c31-22-10-11-26(32-19-22)33-29(39)24-3-1-5-25(37)27(24)34-28(38)21-8-6-20(7-9-21)23-4-2-12-36(30(23)40)14-13-35-15-17-41-18-16-35;/h1,3,5-11,19,23,37H,2,4,12-18H2,(H,34,38)(H,32,33,39);1H. The number of phenolic OH excluding ortho intramolecular Hbond substituents is 1. The molecular weight excluding hydrogens is 581 g/mol. The van der Waals surface area contributed by atoms with Gasteiger partial charge in [0.1, 0.15) is 11.6 Å². The van der Waals surface area contributed by atoms with Crippen LogP contribution in [0.25, 0.3) is 0 Å². The first-order valence-electron chi connectivity index (χ1n) is 13.6. The van der Waals surface area contributed by atoms with Crippen LogP contribution in [0.1, 0.15) is 45.0 Å². The van der Waals surface area contributed by atoms with Gasteiger partial charge >= 0.3 is 0 Å². The molecule has 1 atom stereocenters. The number of ether oxygens (including phenoxy) is 1. The molecule has 3 heterocycles. The first-order chi connectivity index (χ1) is 19.9. The molecule has 1 unspecified atom stereocenters. The number of rotatable bonds is 8. The molecule has 2 saturated heterocycles. The number of likely N-dealkylation sites (tertiary alicyclic amines) is 1. The van der Waals surface area contributed by atoms with E-state index in [1.807, 2.05) is 4.90 Å². The fourth-order valence-corrected chi connectivity index (χ4v) is 5.22. The lowest BCUT2D eigenvalue weighted by Crippen LogP contribution is -2.46. The zero-order chi connectivity index (χ0) is 28.8. The number of phenols is 1. The highest BCUT2D eigenvalue weighted by molar-refractivity contribution is 6.30. The fourth-order valence-electron chi connectivity index (χ4n) is 5.11. The molecule has 5 rings (SSSR count). The van der Waals surface area contributed by atoms with E-state index >= 15 is 0 Å². The molecule has 10 nitrogen and oxygen atoms in total. The number of aromatic hydroxyl groups is 1. The summed E-state index contributed by atoms with van der Waals surface area (Å²) in [7, 11) is 0. The monoisotopic (exact) mass is 613 g/mol. The molecule has 1 aromatic heterocycles. The molecule has 0 spiro atoms. The summed E-state index contributed by atoms with van der Waals surface area (Å²) < 4.78 is 5.41. The Hall–Kier alpha value is -3.70. The lowest BCUT2D eigenvalue weighted by atomic mass is 9.89. The Morgan fingerprint density at radius 1 is 0.976 bits per heavy atom. The molecule has 0 saturated carbocycles. The van der Waals surface area contributed by atoms with Crippen molar-refractivity contribution in [1.82, 2.24) is 14.8 Å². The minimum Gasteiger partial charge on any atom is -0.506 e. The van der Waals surface area contributed by atoms with Gasteiger partial charge in [-0.3, -0.25) is 19.3 Å². The van der Waals surface area contributed by atoms with Crippen molar-refractivity contribution in [3.05, 3.63) is 82.5 Å². The largest absolute Gasteiger partial charge is 0.506 e. The Kier molecular flexibility index (Phi) is 10.8. The van der Waals surface area contributed by atoms with Crippen molar-refractivity contribution in [3.63, 3.8) is 0 Å². The summed E-state index contributed by atoms with van der Waals surface area (Å²) in [4.78, 5) is 47.6. The van der Waals surface area contributed by atoms with Crippen LogP contribution in [0.2, 0.25) is 5.02 Å². The Bertz CT molecular complexity index is 1400. The second-order valence-corrected chi connectivity index (χ2v) is 10.5. The average molecular weight is 615 g/mol. The highest BCUT2D eigenvalue weighted by atomic mass is 35.5. The molecule has 0 bridgehead atoms. The number of nitrogens with one attached hydrogen (secondary N) is 2. The maximum absolute atomic E-state index is 13.3. The maximum atomic E-state index is 13.3. The van der Waals surface area contributed by atoms with E-state index in [0.29, 0.717) is 17.1 Å². The smallest absolute Gasteiger partial charge is 0.259 e. The van der Waals surface area contributed by atoms with E-state index in [9.17, 15) is 19.5 Å². The molecule has 222 valence electrons. The van der Waals surface area contributed by atoms with Crippen LogP contribution < -0.4 is 10.6 Å². The normalized spacial score (nSPS) is 17.3. The Morgan fingerprint density at radius 2 is 1.74 bits per heavy atom. The SMILES string of the molecule is Cl.O=C(Nc1c(O)cccc1C(=O)Nc1ccc(Cl)cn1)c1ccc(C2CCCN(CCN3CCOCC3)C2=O)cc1. The van der Waals surface area contributed by atoms with Gasteiger partial charge in [-0.1, -0.05) is 29.8 Å². The van der Waals surface area contributed by atoms with Gasteiger partial charge in [-0.15, -0.1) is 12.4 Å². The number of halogens is 2. The second kappa shape index (κ2) is 14.5. The van der Waals surface area contributed by atoms with Crippen molar-refractivity contribution in [3.8, 4) is 5.75 Å². The Labute approximate surface area is 255 Å². The minimum absolute atomic E-state index is 0. The maximum Gasteiger partial charge on any atom is 0.259 e. The van der Waals surface area contributed by atoms with Crippen LogP contribution in [-0.4, -0.2) is 83.5 Å². The lowest BCUT2D eigenvalue weighted by molar-refractivity contribution is -0.135. The average Bonchev–Trinajstić information content (AvgIpc) is 2.99. The number of hydrogen-bond acceptors (Lipinski definition) is 7. The van der Waals surface area contributed by atoms with Gasteiger partial charge in [0.2, 0.25) is 5.91 Å². The van der Waals surface area contributed by atoms with E-state index < -0.39 is 11.8 Å². The molecule has 12 heteroatoms. The van der Waals surface area contributed by atoms with E-state index in [1.54, 1.807) is 36.4 Å². The van der Waals surface area contributed by atoms with Crippen molar-refractivity contribution in [1.29, 1.82) is 0 Å². The van der Waals surface area contributed by atoms with Crippen molar-refractivity contribution in [2.75, 3.05) is 56.6 Å². The molecule has 2 aliphatic rings. The van der Waals surface area contributed by atoms with Gasteiger partial charge in [0, 0.05) is 44.5 Å². The molecule has 3 amide bonds. The molecule has 3 aromatic rings. The minimum atomic E-state index is -0.560. The van der Waals surface area contributed by atoms with E-state index in [0.717, 1.165) is 57.8 Å². The van der Waals surface area contributed by atoms with Gasteiger partial charge in [-0.05, 0) is 54.8 Å². The highest BCUT2D eigenvalue weighted by Gasteiger charge is 2.30. The highest BCUT2D eigenvalue weighted by Crippen LogP contribution is 2.30. The molecule has 2 aromatic carbocycles. The number of pyridine rings is 1. The van der Waals surface area contributed by atoms with Gasteiger partial charge in [-0.2, -0.15) is 0 Å². The number of para-hydroxylation sites is 1. The van der Waals surface area contributed by atoms with Crippen LogP contribution in [-0.2, 0) is 9.53 Å². The summed E-state index contributed by atoms with van der Waals surface area (Å²) in [6, 6.07) is 14.4. The van der Waals surface area contributed by atoms with E-state index in [4.69, 9.17) is 16.3 Å². The van der Waals surface area contributed by atoms with Gasteiger partial charge in [0.15, 0.2) is 0 Å². The first kappa shape index (κ1) is 31.2. The van der Waals surface area contributed by atoms with Crippen LogP contribution in [0.4, 0.5) is 11.5 Å². The first-order valence-corrected chi connectivity index (χ1v) is 14.0. The fraction of sp³-hybridized carbons (Fsp3) is 0.333. The summed E-state index contributed by atoms with van der Waals surface area (Å²) in [5.41, 5.74) is 1.24. The summed E-state index contributed by atoms with van der Waals surface area (Å²) in [5, 5.41) is 16.2. The quantitative estimate of drug-likeness (QED) is 0.322. The number of carbonyl (C=O) groups is 3. The number of carbonyl (C=O) groups excluding carboxylic acids is 3. The Balaban J connectivity index is 0.00000405. The predicted molar refractivity (Wildman–Crippen MR) is 163 cm³/mol. The number of aromatic nitrogens is 1. The number of anilines is 2. The van der Waals surface area contributed by atoms with Gasteiger partial charge in [0.05, 0.1) is 35.4 Å². The third-order valence-corrected chi connectivity index (χ3v) is 7.61. The predicted octanol–water partition coefficient (Wildman–Crippen LogP) is 4.41. The molecule has 0 aliphatic carbocycles. The van der Waals surface area contributed by atoms with Gasteiger partial charge < -0.3 is 25.4 Å². The number of hydrogen-bond donors (Lipinski definition) is 3. The van der Waals surface area contributed by atoms with Crippen LogP contribution in [0.15, 0.2) is 60.8 Å².